The largest absolute Gasteiger partial charge is 0.494 e. The third kappa shape index (κ3) is 2.31. The zero-order valence-corrected chi connectivity index (χ0v) is 7.88. The summed E-state index contributed by atoms with van der Waals surface area (Å²) in [6.45, 7) is 0. The molecule has 0 amide bonds. The molecule has 1 N–H and O–H groups in total. The van der Waals surface area contributed by atoms with E-state index in [1.54, 1.807) is 6.07 Å². The maximum atomic E-state index is 12.5. The number of methoxy groups -OCH3 is 1. The van der Waals surface area contributed by atoms with Gasteiger partial charge in [-0.1, -0.05) is 0 Å². The van der Waals surface area contributed by atoms with Crippen molar-refractivity contribution < 1.29 is 13.5 Å². The molecule has 1 heterocycles. The molecule has 0 radical (unpaired) electrons. The van der Waals surface area contributed by atoms with E-state index in [1.165, 1.54) is 7.11 Å². The Hall–Kier alpha value is -1.90. The number of aromatic amines is 1. The fourth-order valence-electron chi connectivity index (χ4n) is 1.23. The minimum absolute atomic E-state index is 0.133. The van der Waals surface area contributed by atoms with Crippen LogP contribution in [0.1, 0.15) is 17.7 Å². The number of nitrogens with zero attached hydrogens (tertiary/aromatic N) is 1. The van der Waals surface area contributed by atoms with Crippen molar-refractivity contribution in [3.8, 4) is 11.8 Å². The summed E-state index contributed by atoms with van der Waals surface area (Å²) in [5.41, 5.74) is -1.09. The van der Waals surface area contributed by atoms with Gasteiger partial charge < -0.3 is 9.72 Å². The number of pyridine rings is 1. The fraction of sp³-hybridized carbons (Fsp3) is 0.333. The number of alkyl halides is 2. The molecule has 1 aromatic heterocycles. The second kappa shape index (κ2) is 4.55. The highest BCUT2D eigenvalue weighted by molar-refractivity contribution is 5.39. The molecule has 0 saturated heterocycles. The van der Waals surface area contributed by atoms with Gasteiger partial charge in [0.25, 0.3) is 6.43 Å². The fourth-order valence-corrected chi connectivity index (χ4v) is 1.23. The van der Waals surface area contributed by atoms with E-state index >= 15 is 0 Å². The lowest BCUT2D eigenvalue weighted by molar-refractivity contribution is 0.141. The molecule has 0 atom stereocenters. The van der Waals surface area contributed by atoms with Crippen molar-refractivity contribution >= 4 is 0 Å². The second-order valence-electron chi connectivity index (χ2n) is 2.74. The SMILES string of the molecule is COc1c(CC#N)cc(=O)[nH]c1C(F)F. The van der Waals surface area contributed by atoms with Crippen molar-refractivity contribution in [2.45, 2.75) is 12.8 Å². The van der Waals surface area contributed by atoms with Crippen molar-refractivity contribution in [3.05, 3.63) is 27.7 Å². The molecular formula is C9H8F2N2O2. The van der Waals surface area contributed by atoms with Crippen molar-refractivity contribution in [1.82, 2.24) is 4.98 Å². The Kier molecular flexibility index (Phi) is 3.39. The molecule has 0 bridgehead atoms. The maximum Gasteiger partial charge on any atom is 0.282 e. The second-order valence-corrected chi connectivity index (χ2v) is 2.74. The number of H-pyrrole nitrogens is 1. The van der Waals surface area contributed by atoms with Gasteiger partial charge in [-0.15, -0.1) is 0 Å². The van der Waals surface area contributed by atoms with Gasteiger partial charge in [0.15, 0.2) is 0 Å². The predicted molar refractivity (Wildman–Crippen MR) is 47.9 cm³/mol. The normalized spacial score (nSPS) is 10.1. The monoisotopic (exact) mass is 214 g/mol. The van der Waals surface area contributed by atoms with Gasteiger partial charge in [-0.2, -0.15) is 5.26 Å². The first-order chi connectivity index (χ1) is 7.10. The standard InChI is InChI=1S/C9H8F2N2O2/c1-15-8-5(2-3-12)4-6(14)13-7(8)9(10)11/h4,9H,2H2,1H3,(H,13,14). The highest BCUT2D eigenvalue weighted by Gasteiger charge is 2.18. The number of rotatable bonds is 3. The summed E-state index contributed by atoms with van der Waals surface area (Å²) < 4.78 is 29.7. The van der Waals surface area contributed by atoms with Gasteiger partial charge in [-0.25, -0.2) is 8.78 Å². The van der Waals surface area contributed by atoms with Crippen molar-refractivity contribution in [2.24, 2.45) is 0 Å². The van der Waals surface area contributed by atoms with Gasteiger partial charge in [-0.3, -0.25) is 4.79 Å². The third-order valence-corrected chi connectivity index (χ3v) is 1.79. The lowest BCUT2D eigenvalue weighted by Gasteiger charge is -2.10. The molecule has 1 aromatic rings. The minimum atomic E-state index is -2.84. The van der Waals surface area contributed by atoms with E-state index in [0.29, 0.717) is 0 Å². The first-order valence-corrected chi connectivity index (χ1v) is 4.05. The zero-order chi connectivity index (χ0) is 11.4. The zero-order valence-electron chi connectivity index (χ0n) is 7.88. The molecule has 0 aromatic carbocycles. The highest BCUT2D eigenvalue weighted by atomic mass is 19.3. The third-order valence-electron chi connectivity index (χ3n) is 1.79. The van der Waals surface area contributed by atoms with Gasteiger partial charge in [0.2, 0.25) is 5.56 Å². The van der Waals surface area contributed by atoms with Crippen LogP contribution in [0, 0.1) is 11.3 Å². The Bertz CT molecular complexity index is 448. The van der Waals surface area contributed by atoms with E-state index in [0.717, 1.165) is 6.07 Å². The number of nitriles is 1. The van der Waals surface area contributed by atoms with Crippen LogP contribution in [0.3, 0.4) is 0 Å². The van der Waals surface area contributed by atoms with E-state index in [1.807, 2.05) is 4.98 Å². The molecular weight excluding hydrogens is 206 g/mol. The number of ether oxygens (including phenoxy) is 1. The number of hydrogen-bond donors (Lipinski definition) is 1. The molecule has 0 aliphatic rings. The van der Waals surface area contributed by atoms with Crippen LogP contribution in [0.25, 0.3) is 0 Å². The molecule has 0 fully saturated rings. The molecule has 1 rings (SSSR count). The van der Waals surface area contributed by atoms with E-state index in [9.17, 15) is 13.6 Å². The molecule has 4 nitrogen and oxygen atoms in total. The van der Waals surface area contributed by atoms with Crippen LogP contribution in [-0.2, 0) is 6.42 Å². The van der Waals surface area contributed by atoms with E-state index < -0.39 is 17.7 Å². The molecule has 0 aliphatic carbocycles. The molecule has 0 unspecified atom stereocenters. The average molecular weight is 214 g/mol. The van der Waals surface area contributed by atoms with Crippen molar-refractivity contribution in [2.75, 3.05) is 7.11 Å². The van der Waals surface area contributed by atoms with Crippen LogP contribution in [0.15, 0.2) is 10.9 Å². The van der Waals surface area contributed by atoms with Gasteiger partial charge in [0, 0.05) is 11.6 Å². The Morgan fingerprint density at radius 2 is 2.33 bits per heavy atom. The van der Waals surface area contributed by atoms with Crippen LogP contribution in [0.2, 0.25) is 0 Å². The average Bonchev–Trinajstić information content (AvgIpc) is 2.17. The Morgan fingerprint density at radius 1 is 1.67 bits per heavy atom. The molecule has 15 heavy (non-hydrogen) atoms. The summed E-state index contributed by atoms with van der Waals surface area (Å²) in [5, 5.41) is 8.45. The number of hydrogen-bond acceptors (Lipinski definition) is 3. The summed E-state index contributed by atoms with van der Waals surface area (Å²) in [6.07, 6.45) is -2.99. The quantitative estimate of drug-likeness (QED) is 0.826. The Balaban J connectivity index is 3.39. The van der Waals surface area contributed by atoms with Crippen molar-refractivity contribution in [1.29, 1.82) is 5.26 Å². The highest BCUT2D eigenvalue weighted by Crippen LogP contribution is 2.28. The van der Waals surface area contributed by atoms with Gasteiger partial charge >= 0.3 is 0 Å². The van der Waals surface area contributed by atoms with Crippen LogP contribution in [0.4, 0.5) is 8.78 Å². The van der Waals surface area contributed by atoms with Gasteiger partial charge in [0.1, 0.15) is 11.4 Å². The smallest absolute Gasteiger partial charge is 0.282 e. The Labute approximate surface area is 84.1 Å². The van der Waals surface area contributed by atoms with Crippen LogP contribution in [-0.4, -0.2) is 12.1 Å². The topological polar surface area (TPSA) is 65.9 Å². The molecule has 0 spiro atoms. The summed E-state index contributed by atoms with van der Waals surface area (Å²) in [7, 11) is 1.21. The van der Waals surface area contributed by atoms with Gasteiger partial charge in [0.05, 0.1) is 19.6 Å². The predicted octanol–water partition coefficient (Wildman–Crippen LogP) is 1.39. The number of nitrogens with one attached hydrogen (secondary N) is 1. The van der Waals surface area contributed by atoms with Crippen LogP contribution >= 0.6 is 0 Å². The lowest BCUT2D eigenvalue weighted by atomic mass is 10.1. The van der Waals surface area contributed by atoms with Crippen LogP contribution < -0.4 is 10.3 Å². The summed E-state index contributed by atoms with van der Waals surface area (Å²) in [5.74, 6) is -0.133. The summed E-state index contributed by atoms with van der Waals surface area (Å²) in [6, 6.07) is 2.85. The first kappa shape index (κ1) is 11.2. The molecule has 0 aliphatic heterocycles. The van der Waals surface area contributed by atoms with E-state index in [4.69, 9.17) is 10.00 Å². The van der Waals surface area contributed by atoms with E-state index in [2.05, 4.69) is 0 Å². The summed E-state index contributed by atoms with van der Waals surface area (Å²) >= 11 is 0. The summed E-state index contributed by atoms with van der Waals surface area (Å²) in [4.78, 5) is 13.0. The molecule has 6 heteroatoms. The first-order valence-electron chi connectivity index (χ1n) is 4.05. The number of halogens is 2. The minimum Gasteiger partial charge on any atom is -0.494 e. The molecule has 80 valence electrons. The van der Waals surface area contributed by atoms with Gasteiger partial charge in [-0.05, 0) is 0 Å². The maximum absolute atomic E-state index is 12.5. The van der Waals surface area contributed by atoms with E-state index in [-0.39, 0.29) is 17.7 Å². The van der Waals surface area contributed by atoms with Crippen LogP contribution in [0.5, 0.6) is 5.75 Å². The lowest BCUT2D eigenvalue weighted by Crippen LogP contribution is -2.12. The number of aromatic nitrogens is 1. The Morgan fingerprint density at radius 3 is 2.80 bits per heavy atom. The van der Waals surface area contributed by atoms with Crippen molar-refractivity contribution in [3.63, 3.8) is 0 Å². The molecule has 0 saturated carbocycles.